The molecule has 3 rings (SSSR count). The van der Waals surface area contributed by atoms with Crippen LogP contribution in [0, 0.1) is 0 Å². The molecule has 2 aromatic carbocycles. The molecule has 1 aromatic heterocycles. The summed E-state index contributed by atoms with van der Waals surface area (Å²) in [7, 11) is 0. The fourth-order valence-corrected chi connectivity index (χ4v) is 5.18. The van der Waals surface area contributed by atoms with E-state index >= 15 is 0 Å². The van der Waals surface area contributed by atoms with Crippen LogP contribution in [0.25, 0.3) is 0 Å². The molecular formula is C16H12Cl2N2S3. The van der Waals surface area contributed by atoms with Gasteiger partial charge in [-0.2, -0.15) is 0 Å². The molecule has 0 atom stereocenters. The number of hydrogen-bond donors (Lipinski definition) is 0. The molecule has 1 heterocycles. The van der Waals surface area contributed by atoms with E-state index in [0.717, 1.165) is 35.8 Å². The quantitative estimate of drug-likeness (QED) is 0.446. The van der Waals surface area contributed by atoms with Crippen molar-refractivity contribution in [2.75, 3.05) is 0 Å². The van der Waals surface area contributed by atoms with Crippen LogP contribution in [0.1, 0.15) is 11.1 Å². The van der Waals surface area contributed by atoms with Crippen molar-refractivity contribution in [1.29, 1.82) is 0 Å². The number of benzene rings is 2. The lowest BCUT2D eigenvalue weighted by Crippen LogP contribution is -1.81. The summed E-state index contributed by atoms with van der Waals surface area (Å²) >= 11 is 17.0. The van der Waals surface area contributed by atoms with Gasteiger partial charge in [-0.3, -0.25) is 0 Å². The average Bonchev–Trinajstić information content (AvgIpc) is 3.02. The van der Waals surface area contributed by atoms with Crippen molar-refractivity contribution < 1.29 is 0 Å². The van der Waals surface area contributed by atoms with Crippen LogP contribution in [0.4, 0.5) is 0 Å². The molecule has 7 heteroatoms. The van der Waals surface area contributed by atoms with Crippen molar-refractivity contribution >= 4 is 58.1 Å². The molecule has 0 radical (unpaired) electrons. The number of halogens is 2. The van der Waals surface area contributed by atoms with Gasteiger partial charge in [-0.15, -0.1) is 10.2 Å². The SMILES string of the molecule is Clc1ccc(CSc2nnc(SCc3ccccc3Cl)s2)cc1. The van der Waals surface area contributed by atoms with Gasteiger partial charge in [-0.25, -0.2) is 0 Å². The van der Waals surface area contributed by atoms with Crippen LogP contribution in [0.15, 0.2) is 57.2 Å². The third-order valence-electron chi connectivity index (χ3n) is 2.97. The van der Waals surface area contributed by atoms with E-state index in [1.807, 2.05) is 48.5 Å². The van der Waals surface area contributed by atoms with E-state index in [-0.39, 0.29) is 0 Å². The molecule has 2 nitrogen and oxygen atoms in total. The van der Waals surface area contributed by atoms with Crippen LogP contribution in [0.5, 0.6) is 0 Å². The van der Waals surface area contributed by atoms with Crippen molar-refractivity contribution in [3.8, 4) is 0 Å². The van der Waals surface area contributed by atoms with Gasteiger partial charge in [0.1, 0.15) is 0 Å². The Balaban J connectivity index is 1.53. The maximum atomic E-state index is 6.16. The van der Waals surface area contributed by atoms with Gasteiger partial charge in [0, 0.05) is 21.6 Å². The summed E-state index contributed by atoms with van der Waals surface area (Å²) in [6.45, 7) is 0. The maximum Gasteiger partial charge on any atom is 0.175 e. The normalized spacial score (nSPS) is 10.9. The largest absolute Gasteiger partial charge is 0.175 e. The zero-order valence-electron chi connectivity index (χ0n) is 11.9. The van der Waals surface area contributed by atoms with Crippen LogP contribution in [-0.2, 0) is 11.5 Å². The van der Waals surface area contributed by atoms with Gasteiger partial charge < -0.3 is 0 Å². The van der Waals surface area contributed by atoms with Gasteiger partial charge >= 0.3 is 0 Å². The molecule has 0 aliphatic heterocycles. The Morgan fingerprint density at radius 2 is 1.48 bits per heavy atom. The van der Waals surface area contributed by atoms with Crippen molar-refractivity contribution in [3.05, 3.63) is 69.7 Å². The molecule has 0 bridgehead atoms. The summed E-state index contributed by atoms with van der Waals surface area (Å²) in [5.41, 5.74) is 2.34. The van der Waals surface area contributed by atoms with Crippen molar-refractivity contribution in [2.45, 2.75) is 20.2 Å². The molecule has 0 unspecified atom stereocenters. The van der Waals surface area contributed by atoms with E-state index in [1.54, 1.807) is 34.9 Å². The van der Waals surface area contributed by atoms with E-state index in [4.69, 9.17) is 23.2 Å². The van der Waals surface area contributed by atoms with Gasteiger partial charge in [-0.1, -0.05) is 88.4 Å². The van der Waals surface area contributed by atoms with E-state index < -0.39 is 0 Å². The molecule has 0 amide bonds. The fraction of sp³-hybridized carbons (Fsp3) is 0.125. The minimum absolute atomic E-state index is 0.757. The molecule has 0 spiro atoms. The molecule has 0 saturated heterocycles. The summed E-state index contributed by atoms with van der Waals surface area (Å²) in [6, 6.07) is 15.7. The first-order valence-electron chi connectivity index (χ1n) is 6.77. The van der Waals surface area contributed by atoms with E-state index in [0.29, 0.717) is 0 Å². The van der Waals surface area contributed by atoms with Crippen LogP contribution < -0.4 is 0 Å². The minimum Gasteiger partial charge on any atom is -0.131 e. The van der Waals surface area contributed by atoms with Crippen molar-refractivity contribution in [2.24, 2.45) is 0 Å². The smallest absolute Gasteiger partial charge is 0.131 e. The predicted octanol–water partition coefficient (Wildman–Crippen LogP) is 6.43. The van der Waals surface area contributed by atoms with Gasteiger partial charge in [0.15, 0.2) is 8.68 Å². The second-order valence-corrected chi connectivity index (χ2v) is 8.90. The molecular weight excluding hydrogens is 387 g/mol. The third-order valence-corrected chi connectivity index (χ3v) is 6.90. The lowest BCUT2D eigenvalue weighted by molar-refractivity contribution is 0.954. The average molecular weight is 399 g/mol. The Hall–Kier alpha value is -0.720. The zero-order valence-corrected chi connectivity index (χ0v) is 15.9. The number of hydrogen-bond acceptors (Lipinski definition) is 5. The Morgan fingerprint density at radius 3 is 2.17 bits per heavy atom. The number of aromatic nitrogens is 2. The van der Waals surface area contributed by atoms with Gasteiger partial charge in [0.05, 0.1) is 0 Å². The van der Waals surface area contributed by atoms with Gasteiger partial charge in [0.25, 0.3) is 0 Å². The van der Waals surface area contributed by atoms with Crippen molar-refractivity contribution in [1.82, 2.24) is 10.2 Å². The van der Waals surface area contributed by atoms with Crippen molar-refractivity contribution in [3.63, 3.8) is 0 Å². The second kappa shape index (κ2) is 8.40. The monoisotopic (exact) mass is 398 g/mol. The Morgan fingerprint density at radius 1 is 0.826 bits per heavy atom. The lowest BCUT2D eigenvalue weighted by atomic mass is 10.2. The standard InChI is InChI=1S/C16H12Cl2N2S3/c17-13-7-5-11(6-8-13)9-21-15-19-20-16(23-15)22-10-12-3-1-2-4-14(12)18/h1-8H,9-10H2. The first-order valence-corrected chi connectivity index (χ1v) is 10.3. The second-order valence-electron chi connectivity index (χ2n) is 4.63. The summed E-state index contributed by atoms with van der Waals surface area (Å²) < 4.78 is 1.94. The van der Waals surface area contributed by atoms with Crippen LogP contribution >= 0.6 is 58.1 Å². The van der Waals surface area contributed by atoms with Crippen LogP contribution in [0.2, 0.25) is 10.0 Å². The van der Waals surface area contributed by atoms with Gasteiger partial charge in [0.2, 0.25) is 0 Å². The third kappa shape index (κ3) is 5.13. The topological polar surface area (TPSA) is 25.8 Å². The molecule has 0 N–H and O–H groups in total. The molecule has 3 aromatic rings. The molecule has 0 aliphatic rings. The summed E-state index contributed by atoms with van der Waals surface area (Å²) in [5.74, 6) is 1.66. The van der Waals surface area contributed by atoms with Gasteiger partial charge in [-0.05, 0) is 29.3 Å². The lowest BCUT2D eigenvalue weighted by Gasteiger charge is -2.00. The summed E-state index contributed by atoms with van der Waals surface area (Å²) in [6.07, 6.45) is 0. The molecule has 118 valence electrons. The molecule has 23 heavy (non-hydrogen) atoms. The molecule has 0 fully saturated rings. The highest BCUT2D eigenvalue weighted by molar-refractivity contribution is 8.02. The number of rotatable bonds is 6. The first kappa shape index (κ1) is 17.1. The van der Waals surface area contributed by atoms with E-state index in [1.165, 1.54) is 5.56 Å². The number of thioether (sulfide) groups is 2. The summed E-state index contributed by atoms with van der Waals surface area (Å²) in [4.78, 5) is 0. The highest BCUT2D eigenvalue weighted by Crippen LogP contribution is 2.33. The van der Waals surface area contributed by atoms with Crippen LogP contribution in [-0.4, -0.2) is 10.2 Å². The molecule has 0 aliphatic carbocycles. The molecule has 0 saturated carbocycles. The Kier molecular flexibility index (Phi) is 6.25. The first-order chi connectivity index (χ1) is 11.2. The fourth-order valence-electron chi connectivity index (χ4n) is 1.79. The number of nitrogens with zero attached hydrogens (tertiary/aromatic N) is 2. The highest BCUT2D eigenvalue weighted by atomic mass is 35.5. The van der Waals surface area contributed by atoms with E-state index in [9.17, 15) is 0 Å². The predicted molar refractivity (Wildman–Crippen MR) is 102 cm³/mol. The summed E-state index contributed by atoms with van der Waals surface area (Å²) in [5, 5.41) is 10.0. The zero-order chi connectivity index (χ0) is 16.1. The minimum atomic E-state index is 0.757. The highest BCUT2D eigenvalue weighted by Gasteiger charge is 2.07. The van der Waals surface area contributed by atoms with Crippen LogP contribution in [0.3, 0.4) is 0 Å². The van der Waals surface area contributed by atoms with E-state index in [2.05, 4.69) is 10.2 Å². The maximum absolute atomic E-state index is 6.16. The Bertz CT molecular complexity index is 775. The Labute approximate surface area is 157 Å².